The van der Waals surface area contributed by atoms with Crippen LogP contribution in [-0.4, -0.2) is 53.1 Å². The van der Waals surface area contributed by atoms with Crippen LogP contribution >= 0.6 is 0 Å². The Morgan fingerprint density at radius 1 is 1.25 bits per heavy atom. The number of nitrogens with two attached hydrogens (primary N) is 2. The van der Waals surface area contributed by atoms with Crippen LogP contribution in [0.3, 0.4) is 0 Å². The van der Waals surface area contributed by atoms with Crippen molar-refractivity contribution in [2.75, 3.05) is 4.90 Å². The van der Waals surface area contributed by atoms with E-state index in [9.17, 15) is 32.1 Å². The molecule has 3 rings (SSSR count). The Kier molecular flexibility index (Phi) is 5.80. The Labute approximate surface area is 182 Å². The predicted molar refractivity (Wildman–Crippen MR) is 111 cm³/mol. The molecule has 0 aliphatic carbocycles. The molecule has 2 unspecified atom stereocenters. The SMILES string of the molecule is CC(=O)N1c2c(ccc(C)c2OC(N)=O)C(=O)N2C=C(C=CC(N)=O)CC2C1S(=O)(=O)O. The highest BCUT2D eigenvalue weighted by molar-refractivity contribution is 7.86. The third kappa shape index (κ3) is 4.07. The van der Waals surface area contributed by atoms with Crippen LogP contribution in [0, 0.1) is 6.92 Å². The van der Waals surface area contributed by atoms with Crippen molar-refractivity contribution in [3.63, 3.8) is 0 Å². The zero-order valence-electron chi connectivity index (χ0n) is 17.0. The maximum absolute atomic E-state index is 13.4. The number of nitrogens with zero attached hydrogens (tertiary/aromatic N) is 2. The van der Waals surface area contributed by atoms with Crippen molar-refractivity contribution in [2.24, 2.45) is 11.5 Å². The van der Waals surface area contributed by atoms with Gasteiger partial charge in [0.25, 0.3) is 16.0 Å². The molecule has 1 aromatic rings. The van der Waals surface area contributed by atoms with Crippen LogP contribution in [0.1, 0.15) is 29.3 Å². The average Bonchev–Trinajstić information content (AvgIpc) is 3.03. The van der Waals surface area contributed by atoms with Crippen molar-refractivity contribution < 1.29 is 36.9 Å². The number of benzene rings is 1. The number of rotatable bonds is 4. The summed E-state index contributed by atoms with van der Waals surface area (Å²) in [5, 5.41) is -1.95. The lowest BCUT2D eigenvalue weighted by atomic mass is 10.1. The molecular formula is C19H20N4O8S. The van der Waals surface area contributed by atoms with Crippen molar-refractivity contribution in [2.45, 2.75) is 31.7 Å². The number of allylic oxidation sites excluding steroid dienone is 1. The van der Waals surface area contributed by atoms with Gasteiger partial charge >= 0.3 is 6.09 Å². The zero-order valence-corrected chi connectivity index (χ0v) is 17.8. The highest BCUT2D eigenvalue weighted by atomic mass is 32.2. The number of fused-ring (bicyclic) bond motifs is 2. The fourth-order valence-electron chi connectivity index (χ4n) is 3.83. The molecule has 0 aromatic heterocycles. The number of amides is 4. The van der Waals surface area contributed by atoms with Gasteiger partial charge in [0.2, 0.25) is 11.8 Å². The number of anilines is 1. The van der Waals surface area contributed by atoms with Gasteiger partial charge in [0.05, 0.1) is 11.6 Å². The van der Waals surface area contributed by atoms with Gasteiger partial charge in [-0.15, -0.1) is 0 Å². The van der Waals surface area contributed by atoms with Gasteiger partial charge in [0, 0.05) is 19.2 Å². The molecule has 170 valence electrons. The summed E-state index contributed by atoms with van der Waals surface area (Å²) in [7, 11) is -4.99. The molecule has 0 saturated heterocycles. The third-order valence-electron chi connectivity index (χ3n) is 5.03. The van der Waals surface area contributed by atoms with Gasteiger partial charge in [-0.25, -0.2) is 4.79 Å². The van der Waals surface area contributed by atoms with E-state index in [-0.39, 0.29) is 23.4 Å². The van der Waals surface area contributed by atoms with Crippen LogP contribution < -0.4 is 21.1 Å². The number of hydrogen-bond donors (Lipinski definition) is 3. The van der Waals surface area contributed by atoms with Crippen LogP contribution in [0.25, 0.3) is 0 Å². The Balaban J connectivity index is 2.34. The summed E-state index contributed by atoms with van der Waals surface area (Å²) in [6.07, 6.45) is 2.27. The second-order valence-electron chi connectivity index (χ2n) is 7.25. The van der Waals surface area contributed by atoms with E-state index in [1.54, 1.807) is 0 Å². The first kappa shape index (κ1) is 23.0. The molecule has 5 N–H and O–H groups in total. The Morgan fingerprint density at radius 2 is 1.91 bits per heavy atom. The summed E-state index contributed by atoms with van der Waals surface area (Å²) >= 11 is 0. The first-order chi connectivity index (χ1) is 14.8. The second-order valence-corrected chi connectivity index (χ2v) is 8.76. The van der Waals surface area contributed by atoms with E-state index in [4.69, 9.17) is 16.2 Å². The van der Waals surface area contributed by atoms with Crippen LogP contribution in [-0.2, 0) is 19.7 Å². The zero-order chi connectivity index (χ0) is 24.0. The molecule has 1 aromatic carbocycles. The van der Waals surface area contributed by atoms with E-state index >= 15 is 0 Å². The molecule has 0 fully saturated rings. The van der Waals surface area contributed by atoms with Crippen molar-refractivity contribution >= 4 is 39.6 Å². The third-order valence-corrected chi connectivity index (χ3v) is 6.17. The fourth-order valence-corrected chi connectivity index (χ4v) is 4.98. The van der Waals surface area contributed by atoms with Crippen LogP contribution in [0.5, 0.6) is 5.75 Å². The molecule has 2 heterocycles. The van der Waals surface area contributed by atoms with Gasteiger partial charge in [0.1, 0.15) is 5.69 Å². The lowest BCUT2D eigenvalue weighted by Gasteiger charge is -2.33. The molecule has 2 aliphatic heterocycles. The molecule has 0 bridgehead atoms. The Morgan fingerprint density at radius 3 is 2.44 bits per heavy atom. The first-order valence-electron chi connectivity index (χ1n) is 9.20. The largest absolute Gasteiger partial charge is 0.410 e. The maximum atomic E-state index is 13.4. The maximum Gasteiger partial charge on any atom is 0.410 e. The number of primary amides is 2. The predicted octanol–water partition coefficient (Wildman–Crippen LogP) is 0.173. The molecular weight excluding hydrogens is 444 g/mol. The number of aryl methyl sites for hydroxylation is 1. The second kappa shape index (κ2) is 8.09. The van der Waals surface area contributed by atoms with Gasteiger partial charge in [0.15, 0.2) is 11.1 Å². The van der Waals surface area contributed by atoms with E-state index < -0.39 is 45.3 Å². The van der Waals surface area contributed by atoms with Gasteiger partial charge in [-0.05, 0) is 30.5 Å². The highest BCUT2D eigenvalue weighted by Crippen LogP contribution is 2.44. The fraction of sp³-hybridized carbons (Fsp3) is 0.263. The van der Waals surface area contributed by atoms with E-state index in [1.807, 2.05) is 0 Å². The minimum Gasteiger partial charge on any atom is -0.408 e. The summed E-state index contributed by atoms with van der Waals surface area (Å²) in [5.41, 5.74) is 10.4. The summed E-state index contributed by atoms with van der Waals surface area (Å²) in [6, 6.07) is 1.53. The Bertz CT molecular complexity index is 1200. The smallest absolute Gasteiger partial charge is 0.408 e. The van der Waals surface area contributed by atoms with Crippen molar-refractivity contribution in [1.29, 1.82) is 0 Å². The molecule has 32 heavy (non-hydrogen) atoms. The summed E-state index contributed by atoms with van der Waals surface area (Å²) in [6.45, 7) is 2.54. The minimum atomic E-state index is -4.99. The normalized spacial score (nSPS) is 20.5. The number of ether oxygens (including phenoxy) is 1. The van der Waals surface area contributed by atoms with Crippen molar-refractivity contribution in [3.8, 4) is 5.75 Å². The number of hydrogen-bond acceptors (Lipinski definition) is 7. The van der Waals surface area contributed by atoms with Crippen molar-refractivity contribution in [1.82, 2.24) is 4.90 Å². The molecule has 0 radical (unpaired) electrons. The van der Waals surface area contributed by atoms with E-state index in [0.29, 0.717) is 16.0 Å². The molecule has 0 saturated carbocycles. The van der Waals surface area contributed by atoms with Gasteiger partial charge < -0.3 is 21.1 Å². The molecule has 12 nitrogen and oxygen atoms in total. The minimum absolute atomic E-state index is 0.122. The molecule has 13 heteroatoms. The standard InChI is InChI=1S/C19H20N4O8S/c1-9-3-5-12-15(16(9)31-19(21)27)23(10(2)24)18(32(28,29)30)13-7-11(4-6-14(20)25)8-22(13)17(12)26/h3-6,8,13,18H,7H2,1-2H3,(H2,20,25)(H2,21,27)(H,28,29,30). The van der Waals surface area contributed by atoms with Gasteiger partial charge in [-0.1, -0.05) is 12.1 Å². The van der Waals surface area contributed by atoms with Crippen LogP contribution in [0.15, 0.2) is 36.1 Å². The van der Waals surface area contributed by atoms with Crippen LogP contribution in [0.4, 0.5) is 10.5 Å². The summed E-state index contributed by atoms with van der Waals surface area (Å²) < 4.78 is 40.1. The van der Waals surface area contributed by atoms with Crippen molar-refractivity contribution in [3.05, 3.63) is 47.2 Å². The molecule has 2 atom stereocenters. The quantitative estimate of drug-likeness (QED) is 0.415. The van der Waals surface area contributed by atoms with E-state index in [1.165, 1.54) is 31.3 Å². The van der Waals surface area contributed by atoms with Crippen LogP contribution in [0.2, 0.25) is 0 Å². The topological polar surface area (TPSA) is 190 Å². The molecule has 4 amide bonds. The van der Waals surface area contributed by atoms with Gasteiger partial charge in [-0.3, -0.25) is 23.8 Å². The highest BCUT2D eigenvalue weighted by Gasteiger charge is 2.50. The average molecular weight is 464 g/mol. The molecule has 2 aliphatic rings. The lowest BCUT2D eigenvalue weighted by Crippen LogP contribution is -2.54. The van der Waals surface area contributed by atoms with Gasteiger partial charge in [-0.2, -0.15) is 8.42 Å². The summed E-state index contributed by atoms with van der Waals surface area (Å²) in [5.74, 6) is -2.61. The lowest BCUT2D eigenvalue weighted by molar-refractivity contribution is -0.117. The van der Waals surface area contributed by atoms with E-state index in [0.717, 1.165) is 17.9 Å². The monoisotopic (exact) mass is 464 g/mol. The van der Waals surface area contributed by atoms with E-state index in [2.05, 4.69) is 0 Å². The summed E-state index contributed by atoms with van der Waals surface area (Å²) in [4.78, 5) is 50.3. The molecule has 0 spiro atoms. The Hall–Kier alpha value is -3.71. The number of carbonyl (C=O) groups excluding carboxylic acids is 4. The first-order valence-corrected chi connectivity index (χ1v) is 10.7. The number of carbonyl (C=O) groups is 4.